The van der Waals surface area contributed by atoms with E-state index in [0.29, 0.717) is 6.42 Å². The molecule has 27 heavy (non-hydrogen) atoms. The molecule has 0 saturated heterocycles. The number of nitrogens with one attached hydrogen (secondary N) is 3. The molecule has 0 heterocycles. The minimum Gasteiger partial charge on any atom is -0.480 e. The van der Waals surface area contributed by atoms with Gasteiger partial charge in [0.2, 0.25) is 23.6 Å². The van der Waals surface area contributed by atoms with E-state index in [9.17, 15) is 24.0 Å². The van der Waals surface area contributed by atoms with Gasteiger partial charge in [0.15, 0.2) is 0 Å². The van der Waals surface area contributed by atoms with Crippen molar-refractivity contribution in [2.45, 2.75) is 44.8 Å². The van der Waals surface area contributed by atoms with E-state index in [0.717, 1.165) is 0 Å². The highest BCUT2D eigenvalue weighted by Gasteiger charge is 2.31. The monoisotopic (exact) mass is 389 g/mol. The van der Waals surface area contributed by atoms with Crippen LogP contribution < -0.4 is 27.4 Å². The Morgan fingerprint density at radius 3 is 2.07 bits per heavy atom. The molecule has 0 bridgehead atoms. The molecule has 4 atom stereocenters. The molecule has 0 rings (SSSR count). The number of carbonyl (C=O) groups excluding carboxylic acids is 4. The van der Waals surface area contributed by atoms with Crippen molar-refractivity contribution in [3.05, 3.63) is 0 Å². The van der Waals surface area contributed by atoms with Gasteiger partial charge in [-0.3, -0.25) is 24.0 Å². The second-order valence-corrected chi connectivity index (χ2v) is 6.00. The molecule has 4 amide bonds. The molecule has 0 radical (unpaired) electrons. The molecule has 0 aromatic heterocycles. The summed E-state index contributed by atoms with van der Waals surface area (Å²) in [6.45, 7) is 2.12. The van der Waals surface area contributed by atoms with Crippen molar-refractivity contribution in [3.8, 4) is 0 Å². The summed E-state index contributed by atoms with van der Waals surface area (Å²) >= 11 is 0. The molecule has 0 fully saturated rings. The maximum Gasteiger partial charge on any atom is 0.322 e. The van der Waals surface area contributed by atoms with Gasteiger partial charge in [0.05, 0.1) is 13.0 Å². The quantitative estimate of drug-likeness (QED) is 0.176. The molecule has 0 spiro atoms. The second-order valence-electron chi connectivity index (χ2n) is 6.00. The first-order chi connectivity index (χ1) is 12.5. The van der Waals surface area contributed by atoms with E-state index in [-0.39, 0.29) is 5.92 Å². The molecule has 0 saturated carbocycles. The Balaban J connectivity index is 5.28. The van der Waals surface area contributed by atoms with Gasteiger partial charge < -0.3 is 37.6 Å². The highest BCUT2D eigenvalue weighted by atomic mass is 16.4. The molecule has 154 valence electrons. The molecule has 0 aliphatic heterocycles. The van der Waals surface area contributed by atoms with Crippen LogP contribution in [0, 0.1) is 5.92 Å². The Morgan fingerprint density at radius 2 is 1.63 bits per heavy atom. The predicted molar refractivity (Wildman–Crippen MR) is 92.8 cm³/mol. The lowest BCUT2D eigenvalue weighted by Crippen LogP contribution is -2.58. The maximum absolute atomic E-state index is 12.5. The van der Waals surface area contributed by atoms with E-state index in [4.69, 9.17) is 21.7 Å². The fourth-order valence-electron chi connectivity index (χ4n) is 2.00. The topological polar surface area (TPSA) is 214 Å². The van der Waals surface area contributed by atoms with E-state index in [1.165, 1.54) is 0 Å². The number of aliphatic carboxylic acids is 1. The zero-order valence-corrected chi connectivity index (χ0v) is 15.2. The van der Waals surface area contributed by atoms with Gasteiger partial charge in [-0.1, -0.05) is 20.3 Å². The number of carboxylic acid groups (broad SMARTS) is 1. The largest absolute Gasteiger partial charge is 0.480 e. The third kappa shape index (κ3) is 8.96. The van der Waals surface area contributed by atoms with Gasteiger partial charge in [-0.15, -0.1) is 0 Å². The summed E-state index contributed by atoms with van der Waals surface area (Å²) in [5, 5.41) is 24.3. The smallest absolute Gasteiger partial charge is 0.322 e. The van der Waals surface area contributed by atoms with Crippen LogP contribution in [0.4, 0.5) is 0 Å². The summed E-state index contributed by atoms with van der Waals surface area (Å²) in [4.78, 5) is 58.2. The van der Waals surface area contributed by atoms with Crippen molar-refractivity contribution >= 4 is 29.6 Å². The SMILES string of the molecule is CCC(C)C(NC(=O)C(CC(N)=O)NC(=O)C(N)CO)C(=O)NCC(=O)O. The number of carboxylic acids is 1. The lowest BCUT2D eigenvalue weighted by molar-refractivity contribution is -0.139. The number of nitrogens with two attached hydrogens (primary N) is 2. The minimum absolute atomic E-state index is 0.368. The molecule has 0 aliphatic carbocycles. The Bertz CT molecular complexity index is 569. The predicted octanol–water partition coefficient (Wildman–Crippen LogP) is -3.60. The maximum atomic E-state index is 12.5. The lowest BCUT2D eigenvalue weighted by atomic mass is 9.97. The molecule has 0 aromatic carbocycles. The number of carbonyl (C=O) groups is 5. The Hall–Kier alpha value is -2.73. The molecule has 4 unspecified atom stereocenters. The van der Waals surface area contributed by atoms with Crippen LogP contribution in [-0.4, -0.2) is 71.1 Å². The van der Waals surface area contributed by atoms with Crippen LogP contribution in [0.5, 0.6) is 0 Å². The number of primary amides is 1. The first-order valence-corrected chi connectivity index (χ1v) is 8.28. The normalized spacial score (nSPS) is 15.0. The Kier molecular flexibility index (Phi) is 10.6. The van der Waals surface area contributed by atoms with Crippen LogP contribution in [0.3, 0.4) is 0 Å². The number of hydrogen-bond acceptors (Lipinski definition) is 7. The summed E-state index contributed by atoms with van der Waals surface area (Å²) < 4.78 is 0. The van der Waals surface area contributed by atoms with Crippen LogP contribution >= 0.6 is 0 Å². The molecule has 0 aromatic rings. The van der Waals surface area contributed by atoms with Gasteiger partial charge in [-0.25, -0.2) is 0 Å². The van der Waals surface area contributed by atoms with Crippen molar-refractivity contribution in [3.63, 3.8) is 0 Å². The zero-order chi connectivity index (χ0) is 21.1. The van der Waals surface area contributed by atoms with E-state index in [1.54, 1.807) is 13.8 Å². The van der Waals surface area contributed by atoms with E-state index >= 15 is 0 Å². The first kappa shape index (κ1) is 24.3. The number of rotatable bonds is 12. The molecular formula is C15H27N5O7. The van der Waals surface area contributed by atoms with Crippen molar-refractivity contribution in [2.24, 2.45) is 17.4 Å². The number of amides is 4. The Labute approximate surface area is 156 Å². The van der Waals surface area contributed by atoms with E-state index in [1.807, 2.05) is 0 Å². The third-order valence-electron chi connectivity index (χ3n) is 3.78. The standard InChI is InChI=1S/C15H27N5O7/c1-3-7(2)12(15(27)18-5-11(23)24)20-14(26)9(4-10(17)22)19-13(25)8(16)6-21/h7-9,12,21H,3-6,16H2,1-2H3,(H2,17,22)(H,18,27)(H,19,25)(H,20,26)(H,23,24). The second kappa shape index (κ2) is 11.8. The number of aliphatic hydroxyl groups excluding tert-OH is 1. The lowest BCUT2D eigenvalue weighted by Gasteiger charge is -2.26. The summed E-state index contributed by atoms with van der Waals surface area (Å²) in [5.41, 5.74) is 10.4. The number of hydrogen-bond donors (Lipinski definition) is 7. The Morgan fingerprint density at radius 1 is 1.04 bits per heavy atom. The van der Waals surface area contributed by atoms with E-state index in [2.05, 4.69) is 16.0 Å². The highest BCUT2D eigenvalue weighted by Crippen LogP contribution is 2.09. The van der Waals surface area contributed by atoms with Gasteiger partial charge in [0.1, 0.15) is 24.7 Å². The van der Waals surface area contributed by atoms with Crippen LogP contribution in [0.15, 0.2) is 0 Å². The third-order valence-corrected chi connectivity index (χ3v) is 3.78. The van der Waals surface area contributed by atoms with Gasteiger partial charge >= 0.3 is 5.97 Å². The van der Waals surface area contributed by atoms with Crippen LogP contribution in [0.1, 0.15) is 26.7 Å². The molecular weight excluding hydrogens is 362 g/mol. The van der Waals surface area contributed by atoms with Gasteiger partial charge in [0, 0.05) is 0 Å². The molecule has 12 nitrogen and oxygen atoms in total. The summed E-state index contributed by atoms with van der Waals surface area (Å²) in [6, 6.07) is -3.82. The van der Waals surface area contributed by atoms with Gasteiger partial charge in [-0.2, -0.15) is 0 Å². The average Bonchev–Trinajstić information content (AvgIpc) is 2.61. The number of aliphatic hydroxyl groups is 1. The summed E-state index contributed by atoms with van der Waals surface area (Å²) in [7, 11) is 0. The average molecular weight is 389 g/mol. The van der Waals surface area contributed by atoms with Gasteiger partial charge in [-0.05, 0) is 5.92 Å². The van der Waals surface area contributed by atoms with Crippen molar-refractivity contribution < 1.29 is 34.2 Å². The summed E-state index contributed by atoms with van der Waals surface area (Å²) in [6.07, 6.45) is -0.0760. The van der Waals surface area contributed by atoms with Crippen molar-refractivity contribution in [1.29, 1.82) is 0 Å². The van der Waals surface area contributed by atoms with Gasteiger partial charge in [0.25, 0.3) is 0 Å². The van der Waals surface area contributed by atoms with E-state index < -0.39 is 67.3 Å². The highest BCUT2D eigenvalue weighted by molar-refractivity contribution is 5.95. The summed E-state index contributed by atoms with van der Waals surface area (Å²) in [5.74, 6) is -4.99. The molecule has 12 heteroatoms. The molecule has 0 aliphatic rings. The molecule has 9 N–H and O–H groups in total. The first-order valence-electron chi connectivity index (χ1n) is 8.28. The fraction of sp³-hybridized carbons (Fsp3) is 0.667. The van der Waals surface area contributed by atoms with Crippen LogP contribution in [0.2, 0.25) is 0 Å². The minimum atomic E-state index is -1.41. The fourth-order valence-corrected chi connectivity index (χ4v) is 2.00. The zero-order valence-electron chi connectivity index (χ0n) is 15.2. The van der Waals surface area contributed by atoms with Crippen molar-refractivity contribution in [1.82, 2.24) is 16.0 Å². The van der Waals surface area contributed by atoms with Crippen LogP contribution in [-0.2, 0) is 24.0 Å². The van der Waals surface area contributed by atoms with Crippen molar-refractivity contribution in [2.75, 3.05) is 13.2 Å². The van der Waals surface area contributed by atoms with Crippen LogP contribution in [0.25, 0.3) is 0 Å².